The summed E-state index contributed by atoms with van der Waals surface area (Å²) in [6, 6.07) is 6.12. The van der Waals surface area contributed by atoms with Crippen LogP contribution >= 0.6 is 11.3 Å². The first kappa shape index (κ1) is 23.4. The van der Waals surface area contributed by atoms with Gasteiger partial charge in [-0.1, -0.05) is 12.1 Å². The van der Waals surface area contributed by atoms with Crippen LogP contribution in [0.15, 0.2) is 49.1 Å². The molecule has 0 saturated heterocycles. The number of primary amides is 1. The molecule has 3 heterocycles. The average Bonchev–Trinajstić information content (AvgIpc) is 3.40. The van der Waals surface area contributed by atoms with Crippen molar-refractivity contribution in [1.82, 2.24) is 24.8 Å². The summed E-state index contributed by atoms with van der Waals surface area (Å²) in [5.41, 5.74) is 6.49. The SMILES string of the molecule is CC(NC(=O)c1cc2c(cn1)ncn2CC(N)=O)c1cnc(Cc2ccc(C(F)(F)F)cc2)s1. The molecule has 2 amide bonds. The topological polar surface area (TPSA) is 116 Å². The smallest absolute Gasteiger partial charge is 0.368 e. The molecule has 0 aliphatic rings. The number of imidazole rings is 1. The van der Waals surface area contributed by atoms with E-state index in [1.807, 2.05) is 0 Å². The molecule has 3 N–H and O–H groups in total. The van der Waals surface area contributed by atoms with Crippen LogP contribution in [0.5, 0.6) is 0 Å². The number of carbonyl (C=O) groups excluding carboxylic acids is 2. The Hall–Kier alpha value is -3.80. The maximum absolute atomic E-state index is 12.7. The summed E-state index contributed by atoms with van der Waals surface area (Å²) in [4.78, 5) is 37.4. The third-order valence-electron chi connectivity index (χ3n) is 5.05. The molecule has 1 aromatic carbocycles. The zero-order valence-electron chi connectivity index (χ0n) is 17.8. The summed E-state index contributed by atoms with van der Waals surface area (Å²) in [5.74, 6) is -0.952. The minimum absolute atomic E-state index is 0.0689. The van der Waals surface area contributed by atoms with Gasteiger partial charge in [-0.25, -0.2) is 15.0 Å². The van der Waals surface area contributed by atoms with Gasteiger partial charge < -0.3 is 15.6 Å². The van der Waals surface area contributed by atoms with Crippen LogP contribution < -0.4 is 11.1 Å². The molecule has 0 fully saturated rings. The summed E-state index contributed by atoms with van der Waals surface area (Å²) in [5, 5.41) is 3.57. The van der Waals surface area contributed by atoms with Gasteiger partial charge in [0.1, 0.15) is 17.8 Å². The second-order valence-electron chi connectivity index (χ2n) is 7.62. The molecule has 176 valence electrons. The lowest BCUT2D eigenvalue weighted by atomic mass is 10.1. The zero-order chi connectivity index (χ0) is 24.5. The second kappa shape index (κ2) is 9.21. The van der Waals surface area contributed by atoms with E-state index in [2.05, 4.69) is 20.3 Å². The van der Waals surface area contributed by atoms with E-state index in [0.29, 0.717) is 28.0 Å². The third kappa shape index (κ3) is 5.22. The molecule has 4 aromatic rings. The van der Waals surface area contributed by atoms with E-state index in [9.17, 15) is 22.8 Å². The minimum atomic E-state index is -4.37. The summed E-state index contributed by atoms with van der Waals surface area (Å²) in [6.07, 6.45) is 0.540. The molecule has 3 aromatic heterocycles. The summed E-state index contributed by atoms with van der Waals surface area (Å²) < 4.78 is 39.7. The highest BCUT2D eigenvalue weighted by atomic mass is 32.1. The number of halogens is 3. The number of hydrogen-bond donors (Lipinski definition) is 2. The number of rotatable bonds is 7. The fourth-order valence-electron chi connectivity index (χ4n) is 3.31. The zero-order valence-corrected chi connectivity index (χ0v) is 18.7. The number of alkyl halides is 3. The van der Waals surface area contributed by atoms with Crippen LogP contribution in [0.25, 0.3) is 11.0 Å². The van der Waals surface area contributed by atoms with Crippen molar-refractivity contribution in [2.24, 2.45) is 5.73 Å². The van der Waals surface area contributed by atoms with E-state index in [-0.39, 0.29) is 18.3 Å². The number of hydrogen-bond acceptors (Lipinski definition) is 6. The van der Waals surface area contributed by atoms with Crippen molar-refractivity contribution in [3.05, 3.63) is 75.8 Å². The van der Waals surface area contributed by atoms with E-state index in [0.717, 1.165) is 17.0 Å². The Morgan fingerprint density at radius 2 is 1.88 bits per heavy atom. The second-order valence-corrected chi connectivity index (χ2v) is 8.77. The van der Waals surface area contributed by atoms with Gasteiger partial charge in [0.15, 0.2) is 0 Å². The summed E-state index contributed by atoms with van der Waals surface area (Å²) in [6.45, 7) is 1.73. The first-order valence-corrected chi connectivity index (χ1v) is 10.9. The molecule has 4 rings (SSSR count). The lowest BCUT2D eigenvalue weighted by molar-refractivity contribution is -0.137. The van der Waals surface area contributed by atoms with Gasteiger partial charge in [-0.2, -0.15) is 13.2 Å². The molecule has 0 bridgehead atoms. The fourth-order valence-corrected chi connectivity index (χ4v) is 4.27. The molecule has 0 spiro atoms. The fraction of sp³-hybridized carbons (Fsp3) is 0.227. The van der Waals surface area contributed by atoms with Gasteiger partial charge in [-0.3, -0.25) is 9.59 Å². The molecule has 8 nitrogen and oxygen atoms in total. The van der Waals surface area contributed by atoms with Gasteiger partial charge in [-0.05, 0) is 30.7 Å². The Labute approximate surface area is 195 Å². The number of nitrogens with zero attached hydrogens (tertiary/aromatic N) is 4. The normalized spacial score (nSPS) is 12.6. The lowest BCUT2D eigenvalue weighted by Crippen LogP contribution is -2.27. The Balaban J connectivity index is 1.42. The van der Waals surface area contributed by atoms with Crippen LogP contribution in [0.3, 0.4) is 0 Å². The number of benzene rings is 1. The largest absolute Gasteiger partial charge is 0.416 e. The maximum atomic E-state index is 12.7. The summed E-state index contributed by atoms with van der Waals surface area (Å²) >= 11 is 1.36. The van der Waals surface area contributed by atoms with E-state index in [4.69, 9.17) is 5.73 Å². The molecule has 0 radical (unpaired) electrons. The number of aromatic nitrogens is 4. The molecular weight excluding hydrogens is 469 g/mol. The van der Waals surface area contributed by atoms with E-state index in [1.165, 1.54) is 46.6 Å². The Morgan fingerprint density at radius 1 is 1.15 bits per heavy atom. The minimum Gasteiger partial charge on any atom is -0.368 e. The Kier molecular flexibility index (Phi) is 6.33. The first-order chi connectivity index (χ1) is 16.1. The van der Waals surface area contributed by atoms with Crippen molar-refractivity contribution in [1.29, 1.82) is 0 Å². The standard InChI is InChI=1S/C22H19F3N6O2S/c1-12(18-9-28-20(34-18)6-13-2-4-14(5-3-13)22(23,24)25)30-21(33)15-7-17-16(8-27-15)29-11-31(17)10-19(26)32/h2-5,7-9,11-12H,6,10H2,1H3,(H2,26,32)(H,30,33). The summed E-state index contributed by atoms with van der Waals surface area (Å²) in [7, 11) is 0. The molecule has 0 aliphatic heterocycles. The van der Waals surface area contributed by atoms with Crippen molar-refractivity contribution >= 4 is 34.2 Å². The molecule has 0 aliphatic carbocycles. The van der Waals surface area contributed by atoms with E-state index in [1.54, 1.807) is 13.1 Å². The Bertz CT molecular complexity index is 1350. The Morgan fingerprint density at radius 3 is 2.56 bits per heavy atom. The van der Waals surface area contributed by atoms with Crippen LogP contribution in [-0.2, 0) is 23.9 Å². The number of nitrogens with one attached hydrogen (secondary N) is 1. The molecule has 1 atom stereocenters. The molecule has 1 unspecified atom stereocenters. The predicted molar refractivity (Wildman–Crippen MR) is 119 cm³/mol. The van der Waals surface area contributed by atoms with Gasteiger partial charge in [0.05, 0.1) is 34.7 Å². The highest BCUT2D eigenvalue weighted by Gasteiger charge is 2.30. The number of carbonyl (C=O) groups is 2. The van der Waals surface area contributed by atoms with Crippen molar-refractivity contribution in [3.63, 3.8) is 0 Å². The number of amides is 2. The predicted octanol–water partition coefficient (Wildman–Crippen LogP) is 3.47. The van der Waals surface area contributed by atoms with E-state index >= 15 is 0 Å². The van der Waals surface area contributed by atoms with Crippen molar-refractivity contribution in [2.75, 3.05) is 0 Å². The molecule has 34 heavy (non-hydrogen) atoms. The maximum Gasteiger partial charge on any atom is 0.416 e. The molecule has 12 heteroatoms. The number of thiazole rings is 1. The first-order valence-electron chi connectivity index (χ1n) is 10.1. The number of pyridine rings is 1. The van der Waals surface area contributed by atoms with Gasteiger partial charge >= 0.3 is 6.18 Å². The van der Waals surface area contributed by atoms with Gasteiger partial charge in [0.25, 0.3) is 5.91 Å². The van der Waals surface area contributed by atoms with Gasteiger partial charge in [0.2, 0.25) is 5.91 Å². The van der Waals surface area contributed by atoms with Crippen LogP contribution in [0.4, 0.5) is 13.2 Å². The highest BCUT2D eigenvalue weighted by Crippen LogP contribution is 2.30. The quantitative estimate of drug-likeness (QED) is 0.413. The number of nitrogens with two attached hydrogens (primary N) is 1. The lowest BCUT2D eigenvalue weighted by Gasteiger charge is -2.11. The van der Waals surface area contributed by atoms with Crippen LogP contribution in [-0.4, -0.2) is 31.3 Å². The molecular formula is C22H19F3N6O2S. The van der Waals surface area contributed by atoms with Gasteiger partial charge in [0, 0.05) is 17.5 Å². The van der Waals surface area contributed by atoms with E-state index < -0.39 is 23.6 Å². The average molecular weight is 488 g/mol. The van der Waals surface area contributed by atoms with Crippen molar-refractivity contribution in [2.45, 2.75) is 32.1 Å². The van der Waals surface area contributed by atoms with Crippen LogP contribution in [0.2, 0.25) is 0 Å². The monoisotopic (exact) mass is 488 g/mol. The highest BCUT2D eigenvalue weighted by molar-refractivity contribution is 7.11. The van der Waals surface area contributed by atoms with Gasteiger partial charge in [-0.15, -0.1) is 11.3 Å². The van der Waals surface area contributed by atoms with Crippen molar-refractivity contribution < 1.29 is 22.8 Å². The number of fused-ring (bicyclic) bond motifs is 1. The third-order valence-corrected chi connectivity index (χ3v) is 6.23. The molecule has 0 saturated carbocycles. The van der Waals surface area contributed by atoms with Crippen LogP contribution in [0.1, 0.15) is 44.5 Å². The van der Waals surface area contributed by atoms with Crippen molar-refractivity contribution in [3.8, 4) is 0 Å². The van der Waals surface area contributed by atoms with Crippen LogP contribution in [0, 0.1) is 0 Å².